The Hall–Kier alpha value is -1.00. The summed E-state index contributed by atoms with van der Waals surface area (Å²) in [6.07, 6.45) is 5.91. The zero-order chi connectivity index (χ0) is 13.0. The zero-order valence-electron chi connectivity index (χ0n) is 10.9. The van der Waals surface area contributed by atoms with E-state index in [0.29, 0.717) is 4.99 Å². The molecule has 0 bridgehead atoms. The van der Waals surface area contributed by atoms with Crippen molar-refractivity contribution < 1.29 is 0 Å². The van der Waals surface area contributed by atoms with Crippen LogP contribution < -0.4 is 5.73 Å². The number of nitrogens with zero attached hydrogens (tertiary/aromatic N) is 2. The average molecular weight is 263 g/mol. The van der Waals surface area contributed by atoms with Crippen molar-refractivity contribution >= 4 is 17.2 Å². The Kier molecular flexibility index (Phi) is 4.66. The van der Waals surface area contributed by atoms with Gasteiger partial charge in [-0.25, -0.2) is 0 Å². The summed E-state index contributed by atoms with van der Waals surface area (Å²) in [6.45, 7) is 5.34. The SMILES string of the molecule is CCN(Cc1cccnc1C(N)=S)CC1CCC1. The molecule has 0 spiro atoms. The first-order valence-corrected chi connectivity index (χ1v) is 7.07. The van der Waals surface area contributed by atoms with E-state index in [1.165, 1.54) is 25.8 Å². The summed E-state index contributed by atoms with van der Waals surface area (Å²) < 4.78 is 0. The van der Waals surface area contributed by atoms with Crippen LogP contribution in [-0.2, 0) is 6.54 Å². The van der Waals surface area contributed by atoms with E-state index in [1.54, 1.807) is 6.20 Å². The molecule has 98 valence electrons. The van der Waals surface area contributed by atoms with E-state index >= 15 is 0 Å². The summed E-state index contributed by atoms with van der Waals surface area (Å²) in [5.74, 6) is 0.884. The standard InChI is InChI=1S/C14H21N3S/c1-2-17(9-11-5-3-6-11)10-12-7-4-8-16-13(12)14(15)18/h4,7-8,11H,2-3,5-6,9-10H2,1H3,(H2,15,18). The molecule has 0 aromatic carbocycles. The minimum atomic E-state index is 0.394. The largest absolute Gasteiger partial charge is 0.388 e. The maximum atomic E-state index is 5.72. The fourth-order valence-electron chi connectivity index (χ4n) is 2.37. The molecule has 18 heavy (non-hydrogen) atoms. The first-order chi connectivity index (χ1) is 8.70. The van der Waals surface area contributed by atoms with Gasteiger partial charge < -0.3 is 5.73 Å². The molecule has 0 radical (unpaired) electrons. The zero-order valence-corrected chi connectivity index (χ0v) is 11.7. The molecular weight excluding hydrogens is 242 g/mol. The van der Waals surface area contributed by atoms with Crippen LogP contribution >= 0.6 is 12.2 Å². The monoisotopic (exact) mass is 263 g/mol. The maximum absolute atomic E-state index is 5.72. The van der Waals surface area contributed by atoms with Crippen molar-refractivity contribution in [1.29, 1.82) is 0 Å². The van der Waals surface area contributed by atoms with E-state index in [0.717, 1.165) is 30.3 Å². The quantitative estimate of drug-likeness (QED) is 0.800. The molecule has 0 aliphatic heterocycles. The molecule has 1 aromatic heterocycles. The van der Waals surface area contributed by atoms with Gasteiger partial charge in [-0.3, -0.25) is 9.88 Å². The molecule has 1 aliphatic carbocycles. The summed E-state index contributed by atoms with van der Waals surface area (Å²) in [6, 6.07) is 4.03. The lowest BCUT2D eigenvalue weighted by Gasteiger charge is -2.32. The average Bonchev–Trinajstić information content (AvgIpc) is 2.32. The molecule has 0 unspecified atom stereocenters. The van der Waals surface area contributed by atoms with Gasteiger partial charge >= 0.3 is 0 Å². The fourth-order valence-corrected chi connectivity index (χ4v) is 2.56. The Bertz CT molecular complexity index is 415. The van der Waals surface area contributed by atoms with Gasteiger partial charge in [0.2, 0.25) is 0 Å². The molecular formula is C14H21N3S. The Labute approximate surface area is 114 Å². The lowest BCUT2D eigenvalue weighted by Crippen LogP contribution is -2.32. The molecule has 0 amide bonds. The van der Waals surface area contributed by atoms with Crippen LogP contribution in [0.1, 0.15) is 37.4 Å². The van der Waals surface area contributed by atoms with Crippen LogP contribution in [0.2, 0.25) is 0 Å². The second kappa shape index (κ2) is 6.25. The normalized spacial score (nSPS) is 15.7. The van der Waals surface area contributed by atoms with Crippen LogP contribution in [0.25, 0.3) is 0 Å². The Morgan fingerprint density at radius 1 is 1.56 bits per heavy atom. The number of nitrogens with two attached hydrogens (primary N) is 1. The topological polar surface area (TPSA) is 42.2 Å². The molecule has 3 nitrogen and oxygen atoms in total. The lowest BCUT2D eigenvalue weighted by atomic mass is 9.85. The summed E-state index contributed by atoms with van der Waals surface area (Å²) in [5.41, 5.74) is 7.64. The van der Waals surface area contributed by atoms with Crippen molar-refractivity contribution in [2.24, 2.45) is 11.7 Å². The predicted molar refractivity (Wildman–Crippen MR) is 78.4 cm³/mol. The number of rotatable bonds is 6. The number of thiocarbonyl (C=S) groups is 1. The molecule has 1 aliphatic rings. The van der Waals surface area contributed by atoms with Crippen molar-refractivity contribution in [3.8, 4) is 0 Å². The van der Waals surface area contributed by atoms with Crippen molar-refractivity contribution in [3.05, 3.63) is 29.6 Å². The molecule has 4 heteroatoms. The van der Waals surface area contributed by atoms with E-state index < -0.39 is 0 Å². The second-order valence-corrected chi connectivity index (χ2v) is 5.44. The van der Waals surface area contributed by atoms with Crippen LogP contribution in [-0.4, -0.2) is 28.0 Å². The smallest absolute Gasteiger partial charge is 0.123 e. The van der Waals surface area contributed by atoms with E-state index in [2.05, 4.69) is 22.9 Å². The van der Waals surface area contributed by atoms with Crippen LogP contribution in [0.15, 0.2) is 18.3 Å². The minimum Gasteiger partial charge on any atom is -0.388 e. The van der Waals surface area contributed by atoms with E-state index in [1.807, 2.05) is 6.07 Å². The molecule has 0 atom stereocenters. The number of hydrogen-bond donors (Lipinski definition) is 1. The third-order valence-electron chi connectivity index (χ3n) is 3.71. The molecule has 1 saturated carbocycles. The summed E-state index contributed by atoms with van der Waals surface area (Å²) in [5, 5.41) is 0. The first kappa shape index (κ1) is 13.4. The third kappa shape index (κ3) is 3.27. The summed E-state index contributed by atoms with van der Waals surface area (Å²) >= 11 is 5.06. The van der Waals surface area contributed by atoms with Gasteiger partial charge in [-0.15, -0.1) is 0 Å². The Morgan fingerprint density at radius 2 is 2.33 bits per heavy atom. The summed E-state index contributed by atoms with van der Waals surface area (Å²) in [7, 11) is 0. The highest BCUT2D eigenvalue weighted by atomic mass is 32.1. The lowest BCUT2D eigenvalue weighted by molar-refractivity contribution is 0.178. The van der Waals surface area contributed by atoms with E-state index in [-0.39, 0.29) is 0 Å². The minimum absolute atomic E-state index is 0.394. The van der Waals surface area contributed by atoms with E-state index in [9.17, 15) is 0 Å². The number of pyridine rings is 1. The van der Waals surface area contributed by atoms with Gasteiger partial charge in [-0.2, -0.15) is 0 Å². The van der Waals surface area contributed by atoms with Crippen LogP contribution in [0.4, 0.5) is 0 Å². The highest BCUT2D eigenvalue weighted by Gasteiger charge is 2.20. The van der Waals surface area contributed by atoms with Gasteiger partial charge in [0.05, 0.1) is 0 Å². The van der Waals surface area contributed by atoms with Gasteiger partial charge in [0.25, 0.3) is 0 Å². The summed E-state index contributed by atoms with van der Waals surface area (Å²) in [4.78, 5) is 7.14. The maximum Gasteiger partial charge on any atom is 0.123 e. The highest BCUT2D eigenvalue weighted by Crippen LogP contribution is 2.27. The molecule has 1 fully saturated rings. The van der Waals surface area contributed by atoms with Gasteiger partial charge in [0, 0.05) is 19.3 Å². The molecule has 1 heterocycles. The van der Waals surface area contributed by atoms with Crippen molar-refractivity contribution in [3.63, 3.8) is 0 Å². The highest BCUT2D eigenvalue weighted by molar-refractivity contribution is 7.80. The van der Waals surface area contributed by atoms with Crippen LogP contribution in [0, 0.1) is 5.92 Å². The fraction of sp³-hybridized carbons (Fsp3) is 0.571. The van der Waals surface area contributed by atoms with E-state index in [4.69, 9.17) is 18.0 Å². The molecule has 0 saturated heterocycles. The van der Waals surface area contributed by atoms with Crippen LogP contribution in [0.3, 0.4) is 0 Å². The van der Waals surface area contributed by atoms with Gasteiger partial charge in [-0.1, -0.05) is 31.6 Å². The van der Waals surface area contributed by atoms with Crippen molar-refractivity contribution in [2.45, 2.75) is 32.7 Å². The van der Waals surface area contributed by atoms with Gasteiger partial charge in [0.1, 0.15) is 10.7 Å². The number of hydrogen-bond acceptors (Lipinski definition) is 3. The number of aromatic nitrogens is 1. The molecule has 1 aromatic rings. The van der Waals surface area contributed by atoms with Crippen LogP contribution in [0.5, 0.6) is 0 Å². The third-order valence-corrected chi connectivity index (χ3v) is 3.90. The van der Waals surface area contributed by atoms with Gasteiger partial charge in [-0.05, 0) is 36.9 Å². The molecule has 2 rings (SSSR count). The Balaban J connectivity index is 2.03. The predicted octanol–water partition coefficient (Wildman–Crippen LogP) is 2.34. The van der Waals surface area contributed by atoms with Crippen molar-refractivity contribution in [1.82, 2.24) is 9.88 Å². The second-order valence-electron chi connectivity index (χ2n) is 5.00. The Morgan fingerprint density at radius 3 is 2.89 bits per heavy atom. The first-order valence-electron chi connectivity index (χ1n) is 6.66. The van der Waals surface area contributed by atoms with Gasteiger partial charge in [0.15, 0.2) is 0 Å². The van der Waals surface area contributed by atoms with Crippen molar-refractivity contribution in [2.75, 3.05) is 13.1 Å². The molecule has 2 N–H and O–H groups in total.